The number of hydrogen-bond donors (Lipinski definition) is 1. The minimum absolute atomic E-state index is 0.641. The van der Waals surface area contributed by atoms with Gasteiger partial charge in [0.1, 0.15) is 11.7 Å². The van der Waals surface area contributed by atoms with Crippen LogP contribution in [0.4, 0.5) is 5.69 Å². The predicted octanol–water partition coefficient (Wildman–Crippen LogP) is 3.32. The number of anilines is 1. The highest BCUT2D eigenvalue weighted by molar-refractivity contribution is 5.99. The van der Waals surface area contributed by atoms with Crippen molar-refractivity contribution in [2.45, 2.75) is 13.3 Å². The molecule has 1 aliphatic heterocycles. The molecule has 23 heavy (non-hydrogen) atoms. The highest BCUT2D eigenvalue weighted by Crippen LogP contribution is 2.30. The van der Waals surface area contributed by atoms with E-state index in [1.807, 2.05) is 37.3 Å². The second-order valence-corrected chi connectivity index (χ2v) is 5.38. The van der Waals surface area contributed by atoms with E-state index >= 15 is 0 Å². The molecule has 1 aliphatic rings. The molecule has 0 atom stereocenters. The molecule has 0 unspecified atom stereocenters. The Hall–Kier alpha value is -2.95. The van der Waals surface area contributed by atoms with E-state index in [-0.39, 0.29) is 0 Å². The Morgan fingerprint density at radius 2 is 1.83 bits per heavy atom. The number of nitrogens with one attached hydrogen (secondary N) is 1. The zero-order valence-corrected chi connectivity index (χ0v) is 12.9. The van der Waals surface area contributed by atoms with Gasteiger partial charge in [0, 0.05) is 12.1 Å². The fraction of sp³-hybridized carbons (Fsp3) is 0.167. The Bertz CT molecular complexity index is 864. The lowest BCUT2D eigenvalue weighted by Crippen LogP contribution is -2.14. The molecule has 0 saturated carbocycles. The van der Waals surface area contributed by atoms with E-state index in [9.17, 15) is 0 Å². The second kappa shape index (κ2) is 5.68. The van der Waals surface area contributed by atoms with Crippen LogP contribution in [0.3, 0.4) is 0 Å². The van der Waals surface area contributed by atoms with Crippen molar-refractivity contribution >= 4 is 11.5 Å². The monoisotopic (exact) mass is 303 g/mol. The molecule has 0 bridgehead atoms. The smallest absolute Gasteiger partial charge is 0.168 e. The van der Waals surface area contributed by atoms with Crippen LogP contribution in [0.1, 0.15) is 12.7 Å². The Morgan fingerprint density at radius 1 is 1.04 bits per heavy atom. The third kappa shape index (κ3) is 2.40. The molecule has 4 rings (SSSR count). The fourth-order valence-electron chi connectivity index (χ4n) is 2.87. The molecule has 0 fully saturated rings. The fourth-order valence-corrected chi connectivity index (χ4v) is 2.87. The van der Waals surface area contributed by atoms with Crippen LogP contribution < -0.4 is 5.32 Å². The largest absolute Gasteiger partial charge is 0.342 e. The van der Waals surface area contributed by atoms with E-state index in [4.69, 9.17) is 0 Å². The van der Waals surface area contributed by atoms with Crippen LogP contribution in [-0.2, 0) is 6.42 Å². The van der Waals surface area contributed by atoms with Crippen molar-refractivity contribution in [3.8, 4) is 17.1 Å². The number of rotatable bonds is 2. The van der Waals surface area contributed by atoms with Gasteiger partial charge in [0.25, 0.3) is 0 Å². The zero-order valence-electron chi connectivity index (χ0n) is 12.9. The number of para-hydroxylation sites is 2. The molecule has 2 heterocycles. The van der Waals surface area contributed by atoms with Crippen LogP contribution in [0.15, 0.2) is 59.6 Å². The number of aliphatic imine (C=N–C) groups is 1. The van der Waals surface area contributed by atoms with Gasteiger partial charge in [0.2, 0.25) is 0 Å². The minimum Gasteiger partial charge on any atom is -0.342 e. The number of nitrogens with zero attached hydrogens (tertiary/aromatic N) is 4. The highest BCUT2D eigenvalue weighted by atomic mass is 15.3. The first-order valence-corrected chi connectivity index (χ1v) is 7.76. The SMILES string of the molecule is CCN=C1Cc2nnc(-c3ccccc3)n2-c2ccccc2N1. The molecular formula is C18H17N5. The van der Waals surface area contributed by atoms with Gasteiger partial charge in [-0.1, -0.05) is 42.5 Å². The predicted molar refractivity (Wildman–Crippen MR) is 92.1 cm³/mol. The quantitative estimate of drug-likeness (QED) is 0.790. The second-order valence-electron chi connectivity index (χ2n) is 5.38. The summed E-state index contributed by atoms with van der Waals surface area (Å²) in [5, 5.41) is 12.3. The molecule has 1 aromatic heterocycles. The molecule has 0 saturated heterocycles. The zero-order chi connectivity index (χ0) is 15.6. The van der Waals surface area contributed by atoms with Gasteiger partial charge in [-0.2, -0.15) is 0 Å². The Kier molecular flexibility index (Phi) is 3.38. The van der Waals surface area contributed by atoms with Crippen LogP contribution in [-0.4, -0.2) is 27.1 Å². The molecule has 0 aliphatic carbocycles. The average molecular weight is 303 g/mol. The Morgan fingerprint density at radius 3 is 2.65 bits per heavy atom. The van der Waals surface area contributed by atoms with E-state index in [0.717, 1.165) is 41.0 Å². The Labute approximate surface area is 134 Å². The van der Waals surface area contributed by atoms with E-state index < -0.39 is 0 Å². The van der Waals surface area contributed by atoms with Crippen molar-refractivity contribution in [3.63, 3.8) is 0 Å². The summed E-state index contributed by atoms with van der Waals surface area (Å²) in [4.78, 5) is 4.55. The van der Waals surface area contributed by atoms with Gasteiger partial charge >= 0.3 is 0 Å². The van der Waals surface area contributed by atoms with Crippen molar-refractivity contribution in [1.82, 2.24) is 14.8 Å². The molecule has 0 spiro atoms. The van der Waals surface area contributed by atoms with Crippen molar-refractivity contribution in [1.29, 1.82) is 0 Å². The first-order valence-electron chi connectivity index (χ1n) is 7.76. The summed E-state index contributed by atoms with van der Waals surface area (Å²) >= 11 is 0. The van der Waals surface area contributed by atoms with Crippen LogP contribution in [0, 0.1) is 0 Å². The number of hydrogen-bond acceptors (Lipinski definition) is 3. The van der Waals surface area contributed by atoms with Crippen LogP contribution >= 0.6 is 0 Å². The van der Waals surface area contributed by atoms with Gasteiger partial charge in [-0.25, -0.2) is 0 Å². The number of fused-ring (bicyclic) bond motifs is 3. The van der Waals surface area contributed by atoms with Gasteiger partial charge in [-0.05, 0) is 19.1 Å². The summed E-state index contributed by atoms with van der Waals surface area (Å²) in [6.45, 7) is 2.77. The first-order chi connectivity index (χ1) is 11.4. The van der Waals surface area contributed by atoms with Crippen LogP contribution in [0.5, 0.6) is 0 Å². The molecule has 0 radical (unpaired) electrons. The summed E-state index contributed by atoms with van der Waals surface area (Å²) < 4.78 is 2.12. The maximum absolute atomic E-state index is 4.55. The Balaban J connectivity index is 1.95. The molecule has 3 aromatic rings. The van der Waals surface area contributed by atoms with Crippen molar-refractivity contribution in [2.24, 2.45) is 4.99 Å². The molecule has 5 heteroatoms. The summed E-state index contributed by atoms with van der Waals surface area (Å²) in [5.74, 6) is 2.67. The molecule has 5 nitrogen and oxygen atoms in total. The lowest BCUT2D eigenvalue weighted by molar-refractivity contribution is 0.944. The molecule has 114 valence electrons. The molecule has 1 N–H and O–H groups in total. The average Bonchev–Trinajstić information content (AvgIpc) is 2.93. The van der Waals surface area contributed by atoms with Crippen LogP contribution in [0.2, 0.25) is 0 Å². The third-order valence-electron chi connectivity index (χ3n) is 3.86. The maximum atomic E-state index is 4.55. The van der Waals surface area contributed by atoms with Crippen LogP contribution in [0.25, 0.3) is 17.1 Å². The first kappa shape index (κ1) is 13.7. The summed E-state index contributed by atoms with van der Waals surface area (Å²) in [7, 11) is 0. The topological polar surface area (TPSA) is 55.1 Å². The highest BCUT2D eigenvalue weighted by Gasteiger charge is 2.22. The summed E-state index contributed by atoms with van der Waals surface area (Å²) in [6, 6.07) is 18.3. The maximum Gasteiger partial charge on any atom is 0.168 e. The summed E-state index contributed by atoms with van der Waals surface area (Å²) in [6.07, 6.45) is 0.641. The van der Waals surface area contributed by atoms with E-state index in [2.05, 4.69) is 49.3 Å². The van der Waals surface area contributed by atoms with Gasteiger partial charge in [0.05, 0.1) is 17.8 Å². The van der Waals surface area contributed by atoms with E-state index in [1.54, 1.807) is 0 Å². The number of amidine groups is 1. The van der Waals surface area contributed by atoms with Gasteiger partial charge < -0.3 is 5.32 Å². The number of aromatic nitrogens is 3. The van der Waals surface area contributed by atoms with Gasteiger partial charge in [-0.15, -0.1) is 10.2 Å². The van der Waals surface area contributed by atoms with Gasteiger partial charge in [-0.3, -0.25) is 9.56 Å². The van der Waals surface area contributed by atoms with E-state index in [1.165, 1.54) is 0 Å². The lowest BCUT2D eigenvalue weighted by atomic mass is 10.2. The van der Waals surface area contributed by atoms with Gasteiger partial charge in [0.15, 0.2) is 5.82 Å². The normalized spacial score (nSPS) is 14.7. The van der Waals surface area contributed by atoms with E-state index in [0.29, 0.717) is 6.42 Å². The van der Waals surface area contributed by atoms with Crippen molar-refractivity contribution < 1.29 is 0 Å². The van der Waals surface area contributed by atoms with Crippen molar-refractivity contribution in [3.05, 3.63) is 60.4 Å². The molecule has 2 aromatic carbocycles. The standard InChI is InChI=1S/C18H17N5/c1-2-19-16-12-17-21-22-18(13-8-4-3-5-9-13)23(17)15-11-7-6-10-14(15)20-16/h3-11H,2,12H2,1H3,(H,19,20). The van der Waals surface area contributed by atoms with Crippen molar-refractivity contribution in [2.75, 3.05) is 11.9 Å². The molecular weight excluding hydrogens is 286 g/mol. The third-order valence-corrected chi connectivity index (χ3v) is 3.86. The minimum atomic E-state index is 0.641. The molecule has 0 amide bonds. The summed E-state index contributed by atoms with van der Waals surface area (Å²) in [5.41, 5.74) is 3.13. The lowest BCUT2D eigenvalue weighted by Gasteiger charge is -2.11. The number of benzene rings is 2.